The third kappa shape index (κ3) is 4.54. The van der Waals surface area contributed by atoms with Gasteiger partial charge >= 0.3 is 0 Å². The number of piperidine rings is 1. The molecule has 1 unspecified atom stereocenters. The second kappa shape index (κ2) is 7.47. The summed E-state index contributed by atoms with van der Waals surface area (Å²) < 4.78 is 26.3. The molecule has 2 saturated heterocycles. The van der Waals surface area contributed by atoms with Gasteiger partial charge in [-0.15, -0.1) is 0 Å². The van der Waals surface area contributed by atoms with E-state index in [-0.39, 0.29) is 17.7 Å². The molecule has 1 aromatic carbocycles. The van der Waals surface area contributed by atoms with Crippen LogP contribution in [-0.2, 0) is 4.79 Å². The van der Waals surface area contributed by atoms with E-state index in [1.165, 1.54) is 0 Å². The molecule has 2 aliphatic heterocycles. The van der Waals surface area contributed by atoms with E-state index in [4.69, 9.17) is 0 Å². The van der Waals surface area contributed by atoms with Crippen LogP contribution in [0.3, 0.4) is 0 Å². The largest absolute Gasteiger partial charge is 0.354 e. The Balaban J connectivity index is 1.41. The fourth-order valence-corrected chi connectivity index (χ4v) is 3.37. The predicted molar refractivity (Wildman–Crippen MR) is 89.4 cm³/mol. The van der Waals surface area contributed by atoms with Crippen molar-refractivity contribution in [1.29, 1.82) is 0 Å². The highest BCUT2D eigenvalue weighted by Crippen LogP contribution is 2.25. The molecule has 2 heterocycles. The van der Waals surface area contributed by atoms with Crippen LogP contribution in [0.5, 0.6) is 0 Å². The molecule has 25 heavy (non-hydrogen) atoms. The van der Waals surface area contributed by atoms with Crippen LogP contribution >= 0.6 is 0 Å². The average molecular weight is 351 g/mol. The summed E-state index contributed by atoms with van der Waals surface area (Å²) in [7, 11) is 0. The Hall–Kier alpha value is -2.02. The van der Waals surface area contributed by atoms with Crippen molar-refractivity contribution in [1.82, 2.24) is 15.5 Å². The Labute approximate surface area is 145 Å². The van der Waals surface area contributed by atoms with Gasteiger partial charge < -0.3 is 10.2 Å². The zero-order chi connectivity index (χ0) is 17.9. The minimum Gasteiger partial charge on any atom is -0.354 e. The highest BCUT2D eigenvalue weighted by molar-refractivity contribution is 5.94. The van der Waals surface area contributed by atoms with Gasteiger partial charge in [0.15, 0.2) is 0 Å². The van der Waals surface area contributed by atoms with Crippen molar-refractivity contribution < 1.29 is 18.4 Å². The number of hydrogen-bond donors (Lipinski definition) is 2. The van der Waals surface area contributed by atoms with Crippen molar-refractivity contribution in [2.75, 3.05) is 26.2 Å². The van der Waals surface area contributed by atoms with Gasteiger partial charge in [-0.1, -0.05) is 18.2 Å². The summed E-state index contributed by atoms with van der Waals surface area (Å²) in [5, 5.41) is 5.33. The molecule has 2 N–H and O–H groups in total. The third-order valence-electron chi connectivity index (χ3n) is 4.91. The van der Waals surface area contributed by atoms with Crippen molar-refractivity contribution in [3.63, 3.8) is 0 Å². The minimum atomic E-state index is -2.80. The Bertz CT molecular complexity index is 616. The fraction of sp³-hybridized carbons (Fsp3) is 0.556. The van der Waals surface area contributed by atoms with Crippen molar-refractivity contribution in [3.8, 4) is 0 Å². The number of nitrogens with one attached hydrogen (secondary N) is 2. The number of rotatable bonds is 4. The van der Waals surface area contributed by atoms with Crippen LogP contribution in [0.25, 0.3) is 0 Å². The van der Waals surface area contributed by atoms with E-state index < -0.39 is 24.9 Å². The molecule has 0 saturated carbocycles. The first-order valence-electron chi connectivity index (χ1n) is 8.68. The van der Waals surface area contributed by atoms with Gasteiger partial charge in [-0.3, -0.25) is 14.9 Å². The summed E-state index contributed by atoms with van der Waals surface area (Å²) in [6.07, 6.45) is 1.16. The number of carbonyl (C=O) groups is 2. The van der Waals surface area contributed by atoms with Crippen LogP contribution in [0.1, 0.15) is 29.6 Å². The van der Waals surface area contributed by atoms with E-state index in [0.29, 0.717) is 25.2 Å². The number of likely N-dealkylation sites (tertiary alicyclic amines) is 1. The van der Waals surface area contributed by atoms with E-state index in [9.17, 15) is 18.4 Å². The molecule has 2 aliphatic rings. The first-order valence-corrected chi connectivity index (χ1v) is 8.68. The lowest BCUT2D eigenvalue weighted by molar-refractivity contribution is -0.123. The predicted octanol–water partition coefficient (Wildman–Crippen LogP) is 1.65. The van der Waals surface area contributed by atoms with E-state index >= 15 is 0 Å². The number of halogens is 2. The first-order chi connectivity index (χ1) is 11.9. The zero-order valence-corrected chi connectivity index (χ0v) is 14.0. The Morgan fingerprint density at radius 3 is 2.48 bits per heavy atom. The van der Waals surface area contributed by atoms with Gasteiger partial charge in [0.2, 0.25) is 5.91 Å². The Morgan fingerprint density at radius 2 is 1.88 bits per heavy atom. The summed E-state index contributed by atoms with van der Waals surface area (Å²) >= 11 is 0. The normalized spacial score (nSPS) is 23.4. The van der Waals surface area contributed by atoms with E-state index in [1.807, 2.05) is 23.1 Å². The maximum atomic E-state index is 13.1. The topological polar surface area (TPSA) is 61.4 Å². The minimum absolute atomic E-state index is 0.0282. The molecule has 5 nitrogen and oxygen atoms in total. The second-order valence-corrected chi connectivity index (χ2v) is 6.84. The summed E-state index contributed by atoms with van der Waals surface area (Å²) in [4.78, 5) is 26.2. The average Bonchev–Trinajstić information content (AvgIpc) is 3.00. The highest BCUT2D eigenvalue weighted by atomic mass is 19.3. The monoisotopic (exact) mass is 351 g/mol. The maximum absolute atomic E-state index is 13.1. The molecule has 0 bridgehead atoms. The van der Waals surface area contributed by atoms with Crippen molar-refractivity contribution >= 4 is 11.8 Å². The van der Waals surface area contributed by atoms with Crippen molar-refractivity contribution in [3.05, 3.63) is 35.9 Å². The van der Waals surface area contributed by atoms with Crippen molar-refractivity contribution in [2.24, 2.45) is 5.92 Å². The van der Waals surface area contributed by atoms with Crippen molar-refractivity contribution in [2.45, 2.75) is 31.2 Å². The van der Waals surface area contributed by atoms with Gasteiger partial charge in [-0.2, -0.15) is 0 Å². The Morgan fingerprint density at radius 1 is 1.20 bits per heavy atom. The summed E-state index contributed by atoms with van der Waals surface area (Å²) in [6, 6.07) is 8.36. The molecular weight excluding hydrogens is 328 g/mol. The fourth-order valence-electron chi connectivity index (χ4n) is 3.37. The van der Waals surface area contributed by atoms with Gasteiger partial charge in [-0.25, -0.2) is 8.78 Å². The molecule has 1 atom stereocenters. The molecule has 7 heteroatoms. The van der Waals surface area contributed by atoms with E-state index in [0.717, 1.165) is 12.8 Å². The number of alkyl halides is 2. The number of benzene rings is 1. The zero-order valence-electron chi connectivity index (χ0n) is 14.0. The molecule has 0 aliphatic carbocycles. The molecule has 1 aromatic rings. The lowest BCUT2D eigenvalue weighted by Crippen LogP contribution is -2.45. The van der Waals surface area contributed by atoms with Crippen LogP contribution in [0.4, 0.5) is 8.78 Å². The van der Waals surface area contributed by atoms with Gasteiger partial charge in [0.1, 0.15) is 0 Å². The molecule has 136 valence electrons. The second-order valence-electron chi connectivity index (χ2n) is 6.84. The first kappa shape index (κ1) is 17.8. The maximum Gasteiger partial charge on any atom is 0.262 e. The van der Waals surface area contributed by atoms with Crippen LogP contribution in [0.2, 0.25) is 0 Å². The third-order valence-corrected chi connectivity index (χ3v) is 4.91. The van der Waals surface area contributed by atoms with E-state index in [1.54, 1.807) is 12.1 Å². The SMILES string of the molecule is O=C(NCC1CCN(C(=O)c2ccccc2)CC1)C1CC(F)(F)CN1. The number of nitrogens with zero attached hydrogens (tertiary/aromatic N) is 1. The quantitative estimate of drug-likeness (QED) is 0.867. The Kier molecular flexibility index (Phi) is 5.32. The molecular formula is C18H23F2N3O2. The van der Waals surface area contributed by atoms with Gasteiger partial charge in [-0.05, 0) is 30.9 Å². The van der Waals surface area contributed by atoms with Crippen LogP contribution in [0, 0.1) is 5.92 Å². The lowest BCUT2D eigenvalue weighted by atomic mass is 9.96. The summed E-state index contributed by atoms with van der Waals surface area (Å²) in [5.74, 6) is -2.86. The molecule has 0 radical (unpaired) electrons. The lowest BCUT2D eigenvalue weighted by Gasteiger charge is -2.32. The standard InChI is InChI=1S/C18H23F2N3O2/c19-18(20)10-15(22-12-18)16(24)21-11-13-6-8-23(9-7-13)17(25)14-4-2-1-3-5-14/h1-5,13,15,22H,6-12H2,(H,21,24). The van der Waals surface area contributed by atoms with E-state index in [2.05, 4.69) is 10.6 Å². The van der Waals surface area contributed by atoms with Crippen LogP contribution in [-0.4, -0.2) is 54.9 Å². The summed E-state index contributed by atoms with van der Waals surface area (Å²) in [5.41, 5.74) is 0.683. The molecule has 0 aromatic heterocycles. The van der Waals surface area contributed by atoms with Crippen LogP contribution < -0.4 is 10.6 Å². The smallest absolute Gasteiger partial charge is 0.262 e. The number of hydrogen-bond acceptors (Lipinski definition) is 3. The van der Waals surface area contributed by atoms with Crippen LogP contribution in [0.15, 0.2) is 30.3 Å². The van der Waals surface area contributed by atoms with Gasteiger partial charge in [0.05, 0.1) is 12.6 Å². The molecule has 3 rings (SSSR count). The highest BCUT2D eigenvalue weighted by Gasteiger charge is 2.42. The van der Waals surface area contributed by atoms with Gasteiger partial charge in [0, 0.05) is 31.6 Å². The molecule has 0 spiro atoms. The van der Waals surface area contributed by atoms with Gasteiger partial charge in [0.25, 0.3) is 11.8 Å². The molecule has 2 fully saturated rings. The molecule has 2 amide bonds. The number of carbonyl (C=O) groups excluding carboxylic acids is 2. The summed E-state index contributed by atoms with van der Waals surface area (Å²) in [6.45, 7) is 1.32. The number of amides is 2.